The first-order chi connectivity index (χ1) is 12.1. The number of nitrogens with zero attached hydrogens (tertiary/aromatic N) is 6. The second kappa shape index (κ2) is 5.69. The number of aromatic nitrogens is 1. The molecule has 1 aromatic carbocycles. The quantitative estimate of drug-likeness (QED) is 0.402. The molecule has 1 N–H and O–H groups in total. The van der Waals surface area contributed by atoms with Gasteiger partial charge in [-0.2, -0.15) is 5.26 Å². The van der Waals surface area contributed by atoms with Crippen molar-refractivity contribution in [3.8, 4) is 6.19 Å². The van der Waals surface area contributed by atoms with Crippen LogP contribution in [-0.4, -0.2) is 27.7 Å². The Morgan fingerprint density at radius 1 is 1.48 bits per heavy atom. The smallest absolute Gasteiger partial charge is 0.179 e. The van der Waals surface area contributed by atoms with Gasteiger partial charge in [-0.15, -0.1) is 0 Å². The minimum Gasteiger partial charge on any atom is -0.371 e. The summed E-state index contributed by atoms with van der Waals surface area (Å²) < 4.78 is 2.02. The number of azide groups is 1. The third-order valence-corrected chi connectivity index (χ3v) is 5.61. The molecule has 0 fully saturated rings. The summed E-state index contributed by atoms with van der Waals surface area (Å²) in [6.45, 7) is 2.90. The van der Waals surface area contributed by atoms with Crippen LogP contribution in [0.1, 0.15) is 37.1 Å². The van der Waals surface area contributed by atoms with Crippen LogP contribution in [0.5, 0.6) is 0 Å². The Morgan fingerprint density at radius 2 is 2.28 bits per heavy atom. The van der Waals surface area contributed by atoms with E-state index in [1.807, 2.05) is 34.6 Å². The molecule has 4 rings (SSSR count). The van der Waals surface area contributed by atoms with E-state index < -0.39 is 5.72 Å². The van der Waals surface area contributed by atoms with Gasteiger partial charge in [0.25, 0.3) is 0 Å². The summed E-state index contributed by atoms with van der Waals surface area (Å²) in [5.74, 6) is 0.0658. The monoisotopic (exact) mass is 336 g/mol. The molecule has 0 aliphatic carbocycles. The number of fused-ring (bicyclic) bond motifs is 3. The third-order valence-electron chi connectivity index (χ3n) is 5.61. The van der Waals surface area contributed by atoms with E-state index in [2.05, 4.69) is 22.3 Å². The zero-order valence-electron chi connectivity index (χ0n) is 14.1. The third kappa shape index (κ3) is 2.26. The molecule has 0 radical (unpaired) electrons. The van der Waals surface area contributed by atoms with Gasteiger partial charge in [0.2, 0.25) is 0 Å². The first kappa shape index (κ1) is 15.8. The van der Waals surface area contributed by atoms with Gasteiger partial charge in [0.1, 0.15) is 5.72 Å². The van der Waals surface area contributed by atoms with E-state index >= 15 is 0 Å². The van der Waals surface area contributed by atoms with E-state index in [9.17, 15) is 10.4 Å². The lowest BCUT2D eigenvalue weighted by Gasteiger charge is -2.47. The molecule has 3 unspecified atom stereocenters. The van der Waals surface area contributed by atoms with Crippen LogP contribution in [0, 0.1) is 17.4 Å². The molecule has 7 nitrogen and oxygen atoms in total. The van der Waals surface area contributed by atoms with Crippen LogP contribution in [0.25, 0.3) is 21.3 Å². The van der Waals surface area contributed by atoms with Crippen LogP contribution < -0.4 is 0 Å². The largest absolute Gasteiger partial charge is 0.371 e. The van der Waals surface area contributed by atoms with Crippen molar-refractivity contribution < 1.29 is 5.11 Å². The second-order valence-corrected chi connectivity index (χ2v) is 7.13. The Labute approximate surface area is 145 Å². The van der Waals surface area contributed by atoms with Crippen molar-refractivity contribution in [2.45, 2.75) is 38.0 Å². The number of nitriles is 1. The van der Waals surface area contributed by atoms with E-state index in [-0.39, 0.29) is 12.0 Å². The van der Waals surface area contributed by atoms with Gasteiger partial charge in [0.05, 0.1) is 11.6 Å². The average molecular weight is 336 g/mol. The summed E-state index contributed by atoms with van der Waals surface area (Å²) in [6, 6.07) is 8.06. The number of hydrogen-bond donors (Lipinski definition) is 1. The van der Waals surface area contributed by atoms with Gasteiger partial charge in [-0.1, -0.05) is 23.3 Å². The molecule has 128 valence electrons. The highest BCUT2D eigenvalue weighted by atomic mass is 16.3. The van der Waals surface area contributed by atoms with Crippen molar-refractivity contribution in [3.05, 3.63) is 46.0 Å². The maximum Gasteiger partial charge on any atom is 0.179 e. The molecule has 0 spiro atoms. The minimum absolute atomic E-state index is 0.0658. The molecule has 25 heavy (non-hydrogen) atoms. The van der Waals surface area contributed by atoms with Crippen molar-refractivity contribution in [1.82, 2.24) is 9.47 Å². The first-order valence-electron chi connectivity index (χ1n) is 8.61. The highest BCUT2D eigenvalue weighted by Crippen LogP contribution is 2.50. The topological polar surface area (TPSA) is 101 Å². The van der Waals surface area contributed by atoms with Crippen molar-refractivity contribution in [1.29, 1.82) is 5.26 Å². The van der Waals surface area contributed by atoms with E-state index in [1.165, 1.54) is 5.56 Å². The van der Waals surface area contributed by atoms with Crippen molar-refractivity contribution >= 4 is 10.9 Å². The average Bonchev–Trinajstić information content (AvgIpc) is 2.95. The molecule has 2 aromatic rings. The summed E-state index contributed by atoms with van der Waals surface area (Å²) in [5.41, 5.74) is 10.9. The van der Waals surface area contributed by atoms with Gasteiger partial charge in [-0.25, -0.2) is 0 Å². The van der Waals surface area contributed by atoms with E-state index in [1.54, 1.807) is 0 Å². The number of para-hydroxylation sites is 1. The molecule has 0 saturated heterocycles. The molecule has 0 saturated carbocycles. The molecular formula is C18H20N6O. The van der Waals surface area contributed by atoms with Gasteiger partial charge in [-0.05, 0) is 42.8 Å². The van der Waals surface area contributed by atoms with Gasteiger partial charge < -0.3 is 14.6 Å². The molecule has 1 aromatic heterocycles. The van der Waals surface area contributed by atoms with Crippen LogP contribution in [0.3, 0.4) is 0 Å². The normalized spacial score (nSPS) is 27.5. The number of benzene rings is 1. The van der Waals surface area contributed by atoms with Crippen LogP contribution in [0.2, 0.25) is 0 Å². The summed E-state index contributed by atoms with van der Waals surface area (Å²) in [4.78, 5) is 4.66. The molecular weight excluding hydrogens is 316 g/mol. The van der Waals surface area contributed by atoms with Crippen LogP contribution >= 0.6 is 0 Å². The Kier molecular flexibility index (Phi) is 3.60. The summed E-state index contributed by atoms with van der Waals surface area (Å²) in [5, 5.41) is 25.7. The van der Waals surface area contributed by atoms with Gasteiger partial charge in [-0.3, -0.25) is 0 Å². The number of aliphatic hydroxyl groups is 1. The second-order valence-electron chi connectivity index (χ2n) is 7.13. The van der Waals surface area contributed by atoms with Gasteiger partial charge in [0, 0.05) is 35.5 Å². The molecule has 0 bridgehead atoms. The molecule has 0 amide bonds. The fraction of sp³-hybridized carbons (Fsp3) is 0.500. The maximum atomic E-state index is 11.2. The number of rotatable bonds is 3. The van der Waals surface area contributed by atoms with Gasteiger partial charge in [0.15, 0.2) is 6.19 Å². The zero-order chi connectivity index (χ0) is 17.6. The summed E-state index contributed by atoms with van der Waals surface area (Å²) >= 11 is 0. The van der Waals surface area contributed by atoms with Crippen LogP contribution in [-0.2, 0) is 12.1 Å². The van der Waals surface area contributed by atoms with Gasteiger partial charge >= 0.3 is 0 Å². The zero-order valence-corrected chi connectivity index (χ0v) is 14.1. The van der Waals surface area contributed by atoms with E-state index in [0.29, 0.717) is 25.9 Å². The predicted octanol–water partition coefficient (Wildman–Crippen LogP) is 3.41. The lowest BCUT2D eigenvalue weighted by atomic mass is 9.79. The lowest BCUT2D eigenvalue weighted by molar-refractivity contribution is -0.0730. The highest BCUT2D eigenvalue weighted by molar-refractivity contribution is 5.86. The fourth-order valence-corrected chi connectivity index (χ4v) is 4.76. The molecule has 3 heterocycles. The lowest BCUT2D eigenvalue weighted by Crippen LogP contribution is -2.47. The van der Waals surface area contributed by atoms with Crippen LogP contribution in [0.4, 0.5) is 0 Å². The Bertz CT molecular complexity index is 918. The van der Waals surface area contributed by atoms with Crippen molar-refractivity contribution in [2.24, 2.45) is 11.0 Å². The maximum absolute atomic E-state index is 11.2. The Hall–Kier alpha value is -2.68. The van der Waals surface area contributed by atoms with Crippen molar-refractivity contribution in [2.75, 3.05) is 13.1 Å². The Morgan fingerprint density at radius 3 is 3.04 bits per heavy atom. The predicted molar refractivity (Wildman–Crippen MR) is 93.3 cm³/mol. The minimum atomic E-state index is -1.02. The summed E-state index contributed by atoms with van der Waals surface area (Å²) in [7, 11) is 0. The Balaban J connectivity index is 1.93. The SMILES string of the molecule is CC1(O)CC(CCN=[N+]=[N-])C2c3c(c4ccccc4n31)CCN2C#N. The first-order valence-corrected chi connectivity index (χ1v) is 8.61. The van der Waals surface area contributed by atoms with Crippen molar-refractivity contribution in [3.63, 3.8) is 0 Å². The van der Waals surface area contributed by atoms with E-state index in [0.717, 1.165) is 23.0 Å². The van der Waals surface area contributed by atoms with E-state index in [4.69, 9.17) is 5.53 Å². The number of hydrogen-bond acceptors (Lipinski definition) is 4. The summed E-state index contributed by atoms with van der Waals surface area (Å²) in [6.07, 6.45) is 4.32. The standard InChI is InChI=1S/C18H20N6O/c1-18(25)10-12(6-8-21-22-20)16-17-14(7-9-23(16)11-19)13-4-2-3-5-15(13)24(17)18/h2-5,12,16,25H,6-10H2,1H3. The van der Waals surface area contributed by atoms with Crippen LogP contribution in [0.15, 0.2) is 29.4 Å². The molecule has 2 aliphatic rings. The molecule has 3 atom stereocenters. The molecule has 2 aliphatic heterocycles. The molecule has 7 heteroatoms. The fourth-order valence-electron chi connectivity index (χ4n) is 4.76. The highest BCUT2D eigenvalue weighted by Gasteiger charge is 2.47.